The third-order valence-electron chi connectivity index (χ3n) is 2.15. The van der Waals surface area contributed by atoms with Gasteiger partial charge in [-0.25, -0.2) is 0 Å². The lowest BCUT2D eigenvalue weighted by Gasteiger charge is -1.97. The summed E-state index contributed by atoms with van der Waals surface area (Å²) < 4.78 is 4.53. The average molecular weight is 195 g/mol. The Labute approximate surface area is 88.9 Å². The summed E-state index contributed by atoms with van der Waals surface area (Å²) >= 11 is 0. The first kappa shape index (κ1) is 13.3. The predicted molar refractivity (Wildman–Crippen MR) is 62.7 cm³/mol. The fraction of sp³-hybridized carbons (Fsp3) is 0.615. The van der Waals surface area contributed by atoms with Crippen molar-refractivity contribution in [3.8, 4) is 0 Å². The van der Waals surface area contributed by atoms with E-state index >= 15 is 0 Å². The van der Waals surface area contributed by atoms with E-state index in [1.54, 1.807) is 6.26 Å². The van der Waals surface area contributed by atoms with Crippen LogP contribution in [-0.4, -0.2) is 0 Å². The van der Waals surface area contributed by atoms with Crippen LogP contribution in [0.3, 0.4) is 0 Å². The number of hydrogen-bond donors (Lipinski definition) is 0. The normalized spacial score (nSPS) is 11.6. The molecule has 0 atom stereocenters. The van der Waals surface area contributed by atoms with Crippen molar-refractivity contribution in [1.82, 2.24) is 0 Å². The van der Waals surface area contributed by atoms with E-state index in [2.05, 4.69) is 24.8 Å². The zero-order valence-electron chi connectivity index (χ0n) is 9.37. The fourth-order valence-corrected chi connectivity index (χ4v) is 1.32. The molecule has 0 N–H and O–H groups in total. The molecule has 0 aliphatic carbocycles. The fourth-order valence-electron chi connectivity index (χ4n) is 1.32. The standard InChI is InChI=1S/C13H23O/c1-3-4-5-6-7-8-9-10-11-12-13-14-2/h10-13H,2-9H2,1H3/b11-10+,13-12+. The lowest BCUT2D eigenvalue weighted by atomic mass is 10.1. The number of allylic oxidation sites excluding steroid dienone is 3. The van der Waals surface area contributed by atoms with Gasteiger partial charge in [0.25, 0.3) is 0 Å². The van der Waals surface area contributed by atoms with Gasteiger partial charge in [0.1, 0.15) is 7.11 Å². The summed E-state index contributed by atoms with van der Waals surface area (Å²) in [6, 6.07) is 0. The Morgan fingerprint density at radius 2 is 1.71 bits per heavy atom. The molecule has 14 heavy (non-hydrogen) atoms. The number of ether oxygens (including phenoxy) is 1. The van der Waals surface area contributed by atoms with E-state index in [4.69, 9.17) is 0 Å². The molecule has 0 aromatic carbocycles. The van der Waals surface area contributed by atoms with Gasteiger partial charge >= 0.3 is 0 Å². The topological polar surface area (TPSA) is 9.23 Å². The van der Waals surface area contributed by atoms with Crippen LogP contribution in [0.5, 0.6) is 0 Å². The molecule has 0 aliphatic heterocycles. The molecule has 0 aromatic heterocycles. The van der Waals surface area contributed by atoms with Crippen molar-refractivity contribution >= 4 is 0 Å². The second kappa shape index (κ2) is 12.3. The van der Waals surface area contributed by atoms with Crippen molar-refractivity contribution in [2.75, 3.05) is 0 Å². The molecule has 0 bridgehead atoms. The lowest BCUT2D eigenvalue weighted by Crippen LogP contribution is -1.77. The Balaban J connectivity index is 3.05. The second-order valence-corrected chi connectivity index (χ2v) is 3.48. The second-order valence-electron chi connectivity index (χ2n) is 3.48. The quantitative estimate of drug-likeness (QED) is 0.296. The van der Waals surface area contributed by atoms with Gasteiger partial charge in [0, 0.05) is 0 Å². The van der Waals surface area contributed by atoms with E-state index < -0.39 is 0 Å². The van der Waals surface area contributed by atoms with Gasteiger partial charge in [-0.15, -0.1) is 0 Å². The van der Waals surface area contributed by atoms with Crippen LogP contribution >= 0.6 is 0 Å². The Bertz CT molecular complexity index is 147. The van der Waals surface area contributed by atoms with Crippen LogP contribution in [0.25, 0.3) is 0 Å². The molecule has 0 fully saturated rings. The molecule has 81 valence electrons. The van der Waals surface area contributed by atoms with Gasteiger partial charge < -0.3 is 4.74 Å². The monoisotopic (exact) mass is 195 g/mol. The minimum Gasteiger partial charge on any atom is -0.498 e. The molecule has 1 radical (unpaired) electrons. The van der Waals surface area contributed by atoms with Gasteiger partial charge in [0.05, 0.1) is 6.26 Å². The van der Waals surface area contributed by atoms with E-state index in [-0.39, 0.29) is 0 Å². The molecular formula is C13H23O. The van der Waals surface area contributed by atoms with Crippen molar-refractivity contribution in [2.45, 2.75) is 51.9 Å². The first-order valence-electron chi connectivity index (χ1n) is 5.64. The highest BCUT2D eigenvalue weighted by Gasteiger charge is 1.87. The summed E-state index contributed by atoms with van der Waals surface area (Å²) in [5.41, 5.74) is 0. The Kier molecular flexibility index (Phi) is 11.6. The third kappa shape index (κ3) is 11.3. The van der Waals surface area contributed by atoms with E-state index in [0.29, 0.717) is 0 Å². The molecule has 0 amide bonds. The minimum absolute atomic E-state index is 1.17. The Morgan fingerprint density at radius 3 is 2.43 bits per heavy atom. The molecule has 0 saturated heterocycles. The summed E-state index contributed by atoms with van der Waals surface area (Å²) in [5, 5.41) is 0. The molecule has 0 heterocycles. The third-order valence-corrected chi connectivity index (χ3v) is 2.15. The summed E-state index contributed by atoms with van der Waals surface area (Å²) in [6.07, 6.45) is 17.0. The molecule has 1 heteroatoms. The summed E-state index contributed by atoms with van der Waals surface area (Å²) in [5.74, 6) is 0. The van der Waals surface area contributed by atoms with Crippen LogP contribution in [0.4, 0.5) is 0 Å². The zero-order valence-corrected chi connectivity index (χ0v) is 9.37. The first-order valence-corrected chi connectivity index (χ1v) is 5.64. The Morgan fingerprint density at radius 1 is 1.00 bits per heavy atom. The molecular weight excluding hydrogens is 172 g/mol. The van der Waals surface area contributed by atoms with Crippen molar-refractivity contribution in [3.05, 3.63) is 31.6 Å². The van der Waals surface area contributed by atoms with Crippen LogP contribution in [0.1, 0.15) is 51.9 Å². The van der Waals surface area contributed by atoms with Gasteiger partial charge in [-0.3, -0.25) is 0 Å². The van der Waals surface area contributed by atoms with E-state index in [0.717, 1.165) is 0 Å². The largest absolute Gasteiger partial charge is 0.498 e. The van der Waals surface area contributed by atoms with E-state index in [9.17, 15) is 0 Å². The number of hydrogen-bond acceptors (Lipinski definition) is 1. The zero-order chi connectivity index (χ0) is 10.5. The SMILES string of the molecule is [CH2]O/C=C/C=C/CCCCCCCC. The average Bonchev–Trinajstić information content (AvgIpc) is 2.21. The van der Waals surface area contributed by atoms with Crippen molar-refractivity contribution in [2.24, 2.45) is 0 Å². The van der Waals surface area contributed by atoms with Crippen molar-refractivity contribution in [1.29, 1.82) is 0 Å². The maximum absolute atomic E-state index is 4.53. The predicted octanol–water partition coefficient (Wildman–Crippen LogP) is 4.62. The molecule has 1 nitrogen and oxygen atoms in total. The van der Waals surface area contributed by atoms with Crippen molar-refractivity contribution in [3.63, 3.8) is 0 Å². The van der Waals surface area contributed by atoms with E-state index in [1.165, 1.54) is 44.9 Å². The van der Waals surface area contributed by atoms with Gasteiger partial charge in [-0.2, -0.15) is 0 Å². The summed E-state index contributed by atoms with van der Waals surface area (Å²) in [7, 11) is 3.24. The highest BCUT2D eigenvalue weighted by molar-refractivity contribution is 4.99. The van der Waals surface area contributed by atoms with Crippen LogP contribution in [-0.2, 0) is 4.74 Å². The van der Waals surface area contributed by atoms with Gasteiger partial charge in [-0.1, -0.05) is 51.2 Å². The smallest absolute Gasteiger partial charge is 0.121 e. The number of rotatable bonds is 9. The van der Waals surface area contributed by atoms with Gasteiger partial charge in [0.15, 0.2) is 0 Å². The Hall–Kier alpha value is -0.720. The summed E-state index contributed by atoms with van der Waals surface area (Å²) in [4.78, 5) is 0. The molecule has 0 spiro atoms. The molecule has 0 unspecified atom stereocenters. The molecule has 0 rings (SSSR count). The highest BCUT2D eigenvalue weighted by Crippen LogP contribution is 2.06. The lowest BCUT2D eigenvalue weighted by molar-refractivity contribution is 0.394. The van der Waals surface area contributed by atoms with Crippen LogP contribution in [0.2, 0.25) is 0 Å². The number of unbranched alkanes of at least 4 members (excludes halogenated alkanes) is 6. The van der Waals surface area contributed by atoms with Gasteiger partial charge in [-0.05, 0) is 18.9 Å². The maximum atomic E-state index is 4.53. The minimum atomic E-state index is 1.17. The highest BCUT2D eigenvalue weighted by atomic mass is 16.5. The van der Waals surface area contributed by atoms with Crippen LogP contribution < -0.4 is 0 Å². The van der Waals surface area contributed by atoms with E-state index in [1.807, 2.05) is 12.2 Å². The first-order chi connectivity index (χ1) is 6.91. The maximum Gasteiger partial charge on any atom is 0.121 e. The molecule has 0 aromatic rings. The summed E-state index contributed by atoms with van der Waals surface area (Å²) in [6.45, 7) is 2.25. The van der Waals surface area contributed by atoms with Crippen LogP contribution in [0.15, 0.2) is 24.5 Å². The van der Waals surface area contributed by atoms with Crippen molar-refractivity contribution < 1.29 is 4.74 Å². The van der Waals surface area contributed by atoms with Crippen LogP contribution in [0, 0.1) is 7.11 Å². The van der Waals surface area contributed by atoms with Gasteiger partial charge in [0.2, 0.25) is 0 Å². The molecule has 0 aliphatic rings. The molecule has 0 saturated carbocycles.